The summed E-state index contributed by atoms with van der Waals surface area (Å²) in [7, 11) is 0. The number of benzene rings is 2. The van der Waals surface area contributed by atoms with Crippen LogP contribution in [0.25, 0.3) is 0 Å². The van der Waals surface area contributed by atoms with Gasteiger partial charge >= 0.3 is 0 Å². The first-order valence-corrected chi connectivity index (χ1v) is 9.60. The Labute approximate surface area is 169 Å². The number of carbonyl (C=O) groups excluding carboxylic acids is 1. The van der Waals surface area contributed by atoms with Gasteiger partial charge in [0.1, 0.15) is 5.69 Å². The van der Waals surface area contributed by atoms with Gasteiger partial charge in [-0.3, -0.25) is 4.79 Å². The molecule has 29 heavy (non-hydrogen) atoms. The number of nitrogens with zero attached hydrogens (tertiary/aromatic N) is 3. The molecule has 7 nitrogen and oxygen atoms in total. The highest BCUT2D eigenvalue weighted by molar-refractivity contribution is 6.05. The van der Waals surface area contributed by atoms with Gasteiger partial charge in [-0.25, -0.2) is 9.97 Å². The largest absolute Gasteiger partial charge is 0.378 e. The molecule has 0 atom stereocenters. The van der Waals surface area contributed by atoms with E-state index in [4.69, 9.17) is 4.74 Å². The Morgan fingerprint density at radius 2 is 1.72 bits per heavy atom. The molecule has 1 aliphatic rings. The third-order valence-electron chi connectivity index (χ3n) is 4.62. The van der Waals surface area contributed by atoms with Gasteiger partial charge in [-0.2, -0.15) is 0 Å². The molecule has 0 bridgehead atoms. The molecule has 0 spiro atoms. The van der Waals surface area contributed by atoms with Gasteiger partial charge in [0, 0.05) is 24.5 Å². The summed E-state index contributed by atoms with van der Waals surface area (Å²) in [5.74, 6) is 0.120. The number of nitrogens with one attached hydrogen (secondary N) is 2. The van der Waals surface area contributed by atoms with Crippen LogP contribution in [-0.2, 0) is 4.74 Å². The van der Waals surface area contributed by atoms with Crippen molar-refractivity contribution in [2.45, 2.75) is 6.92 Å². The second-order valence-corrected chi connectivity index (χ2v) is 6.78. The summed E-state index contributed by atoms with van der Waals surface area (Å²) in [5.41, 5.74) is 3.63. The number of anilines is 4. The normalized spacial score (nSPS) is 13.8. The number of carbonyl (C=O) groups is 1. The summed E-state index contributed by atoms with van der Waals surface area (Å²) in [4.78, 5) is 23.9. The second kappa shape index (κ2) is 8.70. The highest BCUT2D eigenvalue weighted by Gasteiger charge is 2.17. The van der Waals surface area contributed by atoms with Crippen molar-refractivity contribution in [2.75, 3.05) is 41.8 Å². The van der Waals surface area contributed by atoms with E-state index in [0.717, 1.165) is 30.2 Å². The van der Waals surface area contributed by atoms with Crippen LogP contribution >= 0.6 is 0 Å². The van der Waals surface area contributed by atoms with Gasteiger partial charge in [0.05, 0.1) is 24.6 Å². The molecule has 1 saturated heterocycles. The maximum atomic E-state index is 12.9. The van der Waals surface area contributed by atoms with Gasteiger partial charge in [-0.05, 0) is 37.3 Å². The SMILES string of the molecule is Cc1cc(C(=O)Nc2ccccc2N2CCOCC2)nc(Nc2ccccc2)n1. The lowest BCUT2D eigenvalue weighted by molar-refractivity contribution is 0.102. The number of hydrogen-bond donors (Lipinski definition) is 2. The van der Waals surface area contributed by atoms with Crippen LogP contribution in [0, 0.1) is 6.92 Å². The van der Waals surface area contributed by atoms with E-state index in [1.807, 2.05) is 61.5 Å². The molecule has 7 heteroatoms. The molecule has 2 aromatic carbocycles. The van der Waals surface area contributed by atoms with E-state index >= 15 is 0 Å². The predicted molar refractivity (Wildman–Crippen MR) is 114 cm³/mol. The van der Waals surface area contributed by atoms with E-state index in [0.29, 0.717) is 30.5 Å². The monoisotopic (exact) mass is 389 g/mol. The average molecular weight is 389 g/mol. The highest BCUT2D eigenvalue weighted by Crippen LogP contribution is 2.27. The smallest absolute Gasteiger partial charge is 0.274 e. The molecule has 148 valence electrons. The number of morpholine rings is 1. The van der Waals surface area contributed by atoms with Crippen LogP contribution in [-0.4, -0.2) is 42.2 Å². The molecule has 1 aromatic heterocycles. The zero-order valence-corrected chi connectivity index (χ0v) is 16.3. The summed E-state index contributed by atoms with van der Waals surface area (Å²) in [5, 5.41) is 6.15. The van der Waals surface area contributed by atoms with Crippen molar-refractivity contribution in [2.24, 2.45) is 0 Å². The van der Waals surface area contributed by atoms with Crippen LogP contribution in [0.1, 0.15) is 16.2 Å². The predicted octanol–water partition coefficient (Wildman–Crippen LogP) is 3.62. The first-order valence-electron chi connectivity index (χ1n) is 9.60. The second-order valence-electron chi connectivity index (χ2n) is 6.78. The summed E-state index contributed by atoms with van der Waals surface area (Å²) >= 11 is 0. The fourth-order valence-corrected chi connectivity index (χ4v) is 3.24. The minimum Gasteiger partial charge on any atom is -0.378 e. The van der Waals surface area contributed by atoms with Crippen LogP contribution in [0.5, 0.6) is 0 Å². The molecule has 2 N–H and O–H groups in total. The first kappa shape index (κ1) is 18.9. The first-order chi connectivity index (χ1) is 14.2. The van der Waals surface area contributed by atoms with Crippen LogP contribution < -0.4 is 15.5 Å². The summed E-state index contributed by atoms with van der Waals surface area (Å²) < 4.78 is 5.43. The lowest BCUT2D eigenvalue weighted by Crippen LogP contribution is -2.36. The van der Waals surface area contributed by atoms with E-state index in [9.17, 15) is 4.79 Å². The molecule has 1 fully saturated rings. The molecule has 2 heterocycles. The Balaban J connectivity index is 1.55. The topological polar surface area (TPSA) is 79.4 Å². The van der Waals surface area contributed by atoms with Crippen molar-refractivity contribution < 1.29 is 9.53 Å². The molecule has 3 aromatic rings. The Hall–Kier alpha value is -3.45. The van der Waals surface area contributed by atoms with Crippen molar-refractivity contribution in [1.82, 2.24) is 9.97 Å². The Bertz CT molecular complexity index is 988. The Morgan fingerprint density at radius 3 is 2.52 bits per heavy atom. The number of rotatable bonds is 5. The van der Waals surface area contributed by atoms with Gasteiger partial charge in [0.2, 0.25) is 5.95 Å². The molecular formula is C22H23N5O2. The van der Waals surface area contributed by atoms with Gasteiger partial charge < -0.3 is 20.3 Å². The quantitative estimate of drug-likeness (QED) is 0.694. The van der Waals surface area contributed by atoms with Crippen LogP contribution in [0.2, 0.25) is 0 Å². The number of hydrogen-bond acceptors (Lipinski definition) is 6. The fraction of sp³-hybridized carbons (Fsp3) is 0.227. The van der Waals surface area contributed by atoms with Gasteiger partial charge in [0.25, 0.3) is 5.91 Å². The maximum Gasteiger partial charge on any atom is 0.274 e. The van der Waals surface area contributed by atoms with E-state index in [1.165, 1.54) is 0 Å². The number of aryl methyl sites for hydroxylation is 1. The standard InChI is InChI=1S/C22H23N5O2/c1-16-15-19(26-22(23-16)24-17-7-3-2-4-8-17)21(28)25-18-9-5-6-10-20(18)27-11-13-29-14-12-27/h2-10,15H,11-14H2,1H3,(H,25,28)(H,23,24,26). The zero-order valence-electron chi connectivity index (χ0n) is 16.3. The molecule has 1 amide bonds. The molecule has 4 rings (SSSR count). The fourth-order valence-electron chi connectivity index (χ4n) is 3.24. The third-order valence-corrected chi connectivity index (χ3v) is 4.62. The number of aromatic nitrogens is 2. The molecule has 1 aliphatic heterocycles. The van der Waals surface area contributed by atoms with E-state index in [1.54, 1.807) is 6.07 Å². The molecule has 0 saturated carbocycles. The summed E-state index contributed by atoms with van der Waals surface area (Å²) in [6, 6.07) is 19.1. The van der Waals surface area contributed by atoms with E-state index in [-0.39, 0.29) is 5.91 Å². The zero-order chi connectivity index (χ0) is 20.1. The lowest BCUT2D eigenvalue weighted by atomic mass is 10.2. The van der Waals surface area contributed by atoms with Crippen LogP contribution in [0.3, 0.4) is 0 Å². The van der Waals surface area contributed by atoms with Gasteiger partial charge in [-0.1, -0.05) is 30.3 Å². The number of amides is 1. The van der Waals surface area contributed by atoms with E-state index < -0.39 is 0 Å². The van der Waals surface area contributed by atoms with Crippen molar-refractivity contribution in [3.63, 3.8) is 0 Å². The van der Waals surface area contributed by atoms with E-state index in [2.05, 4.69) is 25.5 Å². The Kier molecular flexibility index (Phi) is 5.67. The van der Waals surface area contributed by atoms with Gasteiger partial charge in [-0.15, -0.1) is 0 Å². The Morgan fingerprint density at radius 1 is 1.00 bits per heavy atom. The van der Waals surface area contributed by atoms with Crippen molar-refractivity contribution in [3.05, 3.63) is 72.1 Å². The minimum absolute atomic E-state index is 0.271. The highest BCUT2D eigenvalue weighted by atomic mass is 16.5. The molecule has 0 unspecified atom stereocenters. The maximum absolute atomic E-state index is 12.9. The van der Waals surface area contributed by atoms with Crippen molar-refractivity contribution >= 4 is 28.9 Å². The van der Waals surface area contributed by atoms with Crippen LogP contribution in [0.4, 0.5) is 23.0 Å². The van der Waals surface area contributed by atoms with Crippen molar-refractivity contribution in [3.8, 4) is 0 Å². The number of para-hydroxylation sites is 3. The average Bonchev–Trinajstić information content (AvgIpc) is 2.75. The third kappa shape index (κ3) is 4.70. The minimum atomic E-state index is -0.271. The van der Waals surface area contributed by atoms with Crippen LogP contribution in [0.15, 0.2) is 60.7 Å². The molecule has 0 aliphatic carbocycles. The lowest BCUT2D eigenvalue weighted by Gasteiger charge is -2.30. The van der Waals surface area contributed by atoms with Gasteiger partial charge in [0.15, 0.2) is 0 Å². The molecule has 0 radical (unpaired) electrons. The summed E-state index contributed by atoms with van der Waals surface area (Å²) in [6.45, 7) is 4.80. The molecular weight excluding hydrogens is 366 g/mol. The van der Waals surface area contributed by atoms with Crippen molar-refractivity contribution in [1.29, 1.82) is 0 Å². The summed E-state index contributed by atoms with van der Waals surface area (Å²) in [6.07, 6.45) is 0. The number of ether oxygens (including phenoxy) is 1.